The fraction of sp³-hybridized carbons (Fsp3) is 1.00. The number of likely N-dealkylation sites (N-methyl/N-ethyl adjacent to an activating group) is 1. The van der Waals surface area contributed by atoms with Crippen LogP contribution in [-0.4, -0.2) is 37.5 Å². The molecule has 0 spiro atoms. The van der Waals surface area contributed by atoms with Gasteiger partial charge in [-0.05, 0) is 39.7 Å². The molecule has 3 heteroatoms. The van der Waals surface area contributed by atoms with Crippen LogP contribution in [0.1, 0.15) is 39.5 Å². The summed E-state index contributed by atoms with van der Waals surface area (Å²) in [7, 11) is 1.89. The summed E-state index contributed by atoms with van der Waals surface area (Å²) in [5.74, 6) is 0. The van der Waals surface area contributed by atoms with Crippen molar-refractivity contribution in [2.75, 3.05) is 26.9 Å². The lowest BCUT2D eigenvalue weighted by Crippen LogP contribution is -2.43. The molecule has 1 unspecified atom stereocenters. The maximum atomic E-state index is 9.13. The van der Waals surface area contributed by atoms with Crippen LogP contribution in [0.25, 0.3) is 0 Å². The Labute approximate surface area is 87.8 Å². The molecule has 14 heavy (non-hydrogen) atoms. The van der Waals surface area contributed by atoms with Crippen LogP contribution in [0.4, 0.5) is 0 Å². The minimum absolute atomic E-state index is 0.120. The third kappa shape index (κ3) is 6.35. The van der Waals surface area contributed by atoms with E-state index in [0.717, 1.165) is 38.9 Å². The van der Waals surface area contributed by atoms with E-state index >= 15 is 0 Å². The number of unbranched alkanes of at least 4 members (excludes halogenated alkanes) is 1. The van der Waals surface area contributed by atoms with Gasteiger partial charge in [0.15, 0.2) is 0 Å². The standard InChI is InChI=1S/C11H25NO2/c1-4-8-14-9-6-5-7-11(2,10-13)12-3/h12-13H,4-10H2,1-3H3. The molecule has 0 rings (SSSR count). The smallest absolute Gasteiger partial charge is 0.0610 e. The zero-order valence-electron chi connectivity index (χ0n) is 9.81. The molecule has 0 aliphatic rings. The van der Waals surface area contributed by atoms with Crippen LogP contribution in [0.15, 0.2) is 0 Å². The van der Waals surface area contributed by atoms with Gasteiger partial charge in [-0.3, -0.25) is 0 Å². The molecular weight excluding hydrogens is 178 g/mol. The summed E-state index contributed by atoms with van der Waals surface area (Å²) >= 11 is 0. The largest absolute Gasteiger partial charge is 0.394 e. The number of nitrogens with one attached hydrogen (secondary N) is 1. The molecule has 0 heterocycles. The van der Waals surface area contributed by atoms with Gasteiger partial charge in [0.25, 0.3) is 0 Å². The molecule has 1 atom stereocenters. The topological polar surface area (TPSA) is 41.5 Å². The molecule has 0 saturated carbocycles. The van der Waals surface area contributed by atoms with Gasteiger partial charge in [-0.2, -0.15) is 0 Å². The SMILES string of the molecule is CCCOCCCCC(C)(CO)NC. The van der Waals surface area contributed by atoms with Gasteiger partial charge < -0.3 is 15.2 Å². The molecule has 0 aromatic heterocycles. The fourth-order valence-corrected chi connectivity index (χ4v) is 1.25. The Hall–Kier alpha value is -0.120. The highest BCUT2D eigenvalue weighted by molar-refractivity contribution is 4.79. The van der Waals surface area contributed by atoms with Gasteiger partial charge in [0.2, 0.25) is 0 Å². The van der Waals surface area contributed by atoms with Crippen molar-refractivity contribution in [3.05, 3.63) is 0 Å². The second-order valence-corrected chi connectivity index (χ2v) is 4.04. The number of rotatable bonds is 9. The second kappa shape index (κ2) is 8.21. The molecule has 0 fully saturated rings. The first kappa shape index (κ1) is 13.9. The van der Waals surface area contributed by atoms with Crippen LogP contribution in [-0.2, 0) is 4.74 Å². The summed E-state index contributed by atoms with van der Waals surface area (Å²) in [4.78, 5) is 0. The van der Waals surface area contributed by atoms with Gasteiger partial charge in [0, 0.05) is 18.8 Å². The Morgan fingerprint density at radius 2 is 2.00 bits per heavy atom. The summed E-state index contributed by atoms with van der Waals surface area (Å²) in [6, 6.07) is 0. The van der Waals surface area contributed by atoms with E-state index in [1.165, 1.54) is 0 Å². The van der Waals surface area contributed by atoms with Crippen LogP contribution in [0.3, 0.4) is 0 Å². The number of aliphatic hydroxyl groups is 1. The Morgan fingerprint density at radius 1 is 1.29 bits per heavy atom. The van der Waals surface area contributed by atoms with E-state index < -0.39 is 0 Å². The van der Waals surface area contributed by atoms with E-state index in [2.05, 4.69) is 12.2 Å². The van der Waals surface area contributed by atoms with Crippen molar-refractivity contribution in [2.45, 2.75) is 45.1 Å². The van der Waals surface area contributed by atoms with Gasteiger partial charge in [0.1, 0.15) is 0 Å². The van der Waals surface area contributed by atoms with Crippen molar-refractivity contribution in [1.82, 2.24) is 5.32 Å². The predicted octanol–water partition coefficient (Wildman–Crippen LogP) is 1.55. The van der Waals surface area contributed by atoms with Gasteiger partial charge in [0.05, 0.1) is 6.61 Å². The van der Waals surface area contributed by atoms with E-state index in [9.17, 15) is 0 Å². The Morgan fingerprint density at radius 3 is 2.50 bits per heavy atom. The summed E-state index contributed by atoms with van der Waals surface area (Å²) in [6.07, 6.45) is 4.26. The van der Waals surface area contributed by atoms with E-state index in [-0.39, 0.29) is 12.1 Å². The van der Waals surface area contributed by atoms with Crippen LogP contribution in [0, 0.1) is 0 Å². The first-order chi connectivity index (χ1) is 6.68. The third-order valence-corrected chi connectivity index (χ3v) is 2.57. The van der Waals surface area contributed by atoms with Crippen LogP contribution >= 0.6 is 0 Å². The summed E-state index contributed by atoms with van der Waals surface area (Å²) in [6.45, 7) is 6.06. The highest BCUT2D eigenvalue weighted by Crippen LogP contribution is 2.12. The molecule has 0 radical (unpaired) electrons. The predicted molar refractivity (Wildman–Crippen MR) is 59.5 cm³/mol. The maximum absolute atomic E-state index is 9.13. The minimum Gasteiger partial charge on any atom is -0.394 e. The maximum Gasteiger partial charge on any atom is 0.0610 e. The Kier molecular flexibility index (Phi) is 8.14. The molecule has 0 aromatic carbocycles. The van der Waals surface area contributed by atoms with Gasteiger partial charge in [-0.25, -0.2) is 0 Å². The minimum atomic E-state index is -0.120. The lowest BCUT2D eigenvalue weighted by molar-refractivity contribution is 0.123. The molecule has 0 aliphatic heterocycles. The molecule has 0 aliphatic carbocycles. The lowest BCUT2D eigenvalue weighted by Gasteiger charge is -2.26. The highest BCUT2D eigenvalue weighted by Gasteiger charge is 2.19. The molecule has 0 saturated heterocycles. The average molecular weight is 203 g/mol. The fourth-order valence-electron chi connectivity index (χ4n) is 1.25. The molecule has 3 nitrogen and oxygen atoms in total. The first-order valence-corrected chi connectivity index (χ1v) is 5.56. The quantitative estimate of drug-likeness (QED) is 0.559. The summed E-state index contributed by atoms with van der Waals surface area (Å²) in [5, 5.41) is 12.3. The molecule has 0 amide bonds. The number of aliphatic hydroxyl groups excluding tert-OH is 1. The number of hydrogen-bond donors (Lipinski definition) is 2. The summed E-state index contributed by atoms with van der Waals surface area (Å²) in [5.41, 5.74) is -0.120. The van der Waals surface area contributed by atoms with Gasteiger partial charge in [-0.15, -0.1) is 0 Å². The van der Waals surface area contributed by atoms with Crippen molar-refractivity contribution in [3.8, 4) is 0 Å². The molecule has 0 bridgehead atoms. The van der Waals surface area contributed by atoms with Crippen LogP contribution in [0.5, 0.6) is 0 Å². The van der Waals surface area contributed by atoms with Crippen molar-refractivity contribution >= 4 is 0 Å². The van der Waals surface area contributed by atoms with Gasteiger partial charge in [-0.1, -0.05) is 6.92 Å². The normalized spacial score (nSPS) is 15.4. The number of hydrogen-bond acceptors (Lipinski definition) is 3. The monoisotopic (exact) mass is 203 g/mol. The molecule has 0 aromatic rings. The molecule has 86 valence electrons. The van der Waals surface area contributed by atoms with E-state index in [1.54, 1.807) is 0 Å². The highest BCUT2D eigenvalue weighted by atomic mass is 16.5. The van der Waals surface area contributed by atoms with E-state index in [0.29, 0.717) is 0 Å². The number of ether oxygens (including phenoxy) is 1. The molecular formula is C11H25NO2. The second-order valence-electron chi connectivity index (χ2n) is 4.04. The van der Waals surface area contributed by atoms with E-state index in [1.807, 2.05) is 14.0 Å². The third-order valence-electron chi connectivity index (χ3n) is 2.57. The zero-order chi connectivity index (χ0) is 10.9. The average Bonchev–Trinajstić information content (AvgIpc) is 2.23. The first-order valence-electron chi connectivity index (χ1n) is 5.56. The van der Waals surface area contributed by atoms with E-state index in [4.69, 9.17) is 9.84 Å². The van der Waals surface area contributed by atoms with Crippen LogP contribution < -0.4 is 5.32 Å². The Balaban J connectivity index is 3.34. The Bertz CT molecular complexity index is 124. The van der Waals surface area contributed by atoms with Crippen molar-refractivity contribution < 1.29 is 9.84 Å². The van der Waals surface area contributed by atoms with Crippen LogP contribution in [0.2, 0.25) is 0 Å². The van der Waals surface area contributed by atoms with Gasteiger partial charge >= 0.3 is 0 Å². The molecule has 2 N–H and O–H groups in total. The van der Waals surface area contributed by atoms with Crippen molar-refractivity contribution in [2.24, 2.45) is 0 Å². The lowest BCUT2D eigenvalue weighted by atomic mass is 9.96. The van der Waals surface area contributed by atoms with Crippen molar-refractivity contribution in [1.29, 1.82) is 0 Å². The van der Waals surface area contributed by atoms with Crippen molar-refractivity contribution in [3.63, 3.8) is 0 Å². The summed E-state index contributed by atoms with van der Waals surface area (Å²) < 4.78 is 5.38. The zero-order valence-corrected chi connectivity index (χ0v) is 9.81.